The number of rotatable bonds is 9. The highest BCUT2D eigenvalue weighted by atomic mass is 32.1. The molecule has 0 aliphatic carbocycles. The second-order valence-corrected chi connectivity index (χ2v) is 8.08. The molecule has 1 aliphatic rings. The van der Waals surface area contributed by atoms with Crippen molar-refractivity contribution in [1.82, 2.24) is 20.5 Å². The van der Waals surface area contributed by atoms with Crippen LogP contribution in [-0.2, 0) is 25.6 Å². The van der Waals surface area contributed by atoms with Crippen molar-refractivity contribution in [2.45, 2.75) is 37.4 Å². The standard InChI is InChI=1S/C21H27N5O5S/c22-14(11-32)21(31)26-7-3-6-17(26)20(30)25-16(19(29)24-10-18(27)28)8-12-9-23-15-5-2-1-4-13(12)15/h1-2,4-5,9,14,16-17,23,32H,3,6-8,10-11,22H2,(H,24,29)(H,25,30)(H,27,28). The summed E-state index contributed by atoms with van der Waals surface area (Å²) in [5.74, 6) is -2.48. The number of thiol groups is 1. The van der Waals surface area contributed by atoms with Crippen molar-refractivity contribution in [1.29, 1.82) is 0 Å². The molecule has 6 N–H and O–H groups in total. The number of carbonyl (C=O) groups is 4. The number of fused-ring (bicyclic) bond motifs is 1. The average Bonchev–Trinajstić information content (AvgIpc) is 3.43. The van der Waals surface area contributed by atoms with E-state index in [1.807, 2.05) is 24.3 Å². The number of hydrogen-bond acceptors (Lipinski definition) is 6. The van der Waals surface area contributed by atoms with E-state index < -0.39 is 42.5 Å². The number of nitrogens with one attached hydrogen (secondary N) is 3. The molecule has 10 nitrogen and oxygen atoms in total. The molecule has 1 aliphatic heterocycles. The van der Waals surface area contributed by atoms with E-state index in [0.29, 0.717) is 19.4 Å². The zero-order chi connectivity index (χ0) is 23.3. The predicted molar refractivity (Wildman–Crippen MR) is 121 cm³/mol. The average molecular weight is 462 g/mol. The first-order valence-corrected chi connectivity index (χ1v) is 11.0. The Labute approximate surface area is 190 Å². The molecule has 11 heteroatoms. The molecule has 3 rings (SSSR count). The van der Waals surface area contributed by atoms with Gasteiger partial charge in [-0.2, -0.15) is 12.6 Å². The van der Waals surface area contributed by atoms with Gasteiger partial charge in [-0.3, -0.25) is 19.2 Å². The van der Waals surface area contributed by atoms with Gasteiger partial charge in [-0.15, -0.1) is 0 Å². The van der Waals surface area contributed by atoms with E-state index in [1.54, 1.807) is 6.20 Å². The number of amides is 3. The number of para-hydroxylation sites is 1. The minimum atomic E-state index is -1.19. The number of carboxylic acid groups (broad SMARTS) is 1. The fourth-order valence-electron chi connectivity index (χ4n) is 3.88. The van der Waals surface area contributed by atoms with E-state index in [4.69, 9.17) is 10.8 Å². The lowest BCUT2D eigenvalue weighted by atomic mass is 10.0. The zero-order valence-electron chi connectivity index (χ0n) is 17.4. The molecule has 0 radical (unpaired) electrons. The Kier molecular flexibility index (Phi) is 7.75. The number of nitrogens with two attached hydrogens (primary N) is 1. The van der Waals surface area contributed by atoms with Crippen molar-refractivity contribution < 1.29 is 24.3 Å². The summed E-state index contributed by atoms with van der Waals surface area (Å²) in [6.07, 6.45) is 3.00. The maximum Gasteiger partial charge on any atom is 0.322 e. The fourth-order valence-corrected chi connectivity index (χ4v) is 4.03. The van der Waals surface area contributed by atoms with Crippen LogP contribution >= 0.6 is 12.6 Å². The van der Waals surface area contributed by atoms with Gasteiger partial charge in [-0.1, -0.05) is 18.2 Å². The van der Waals surface area contributed by atoms with Crippen LogP contribution in [0.4, 0.5) is 0 Å². The normalized spacial score (nSPS) is 17.7. The van der Waals surface area contributed by atoms with E-state index >= 15 is 0 Å². The molecule has 0 bridgehead atoms. The molecule has 2 aromatic rings. The van der Waals surface area contributed by atoms with Crippen LogP contribution in [0.5, 0.6) is 0 Å². The van der Waals surface area contributed by atoms with Crippen LogP contribution in [-0.4, -0.2) is 75.6 Å². The highest BCUT2D eigenvalue weighted by Crippen LogP contribution is 2.21. The predicted octanol–water partition coefficient (Wildman–Crippen LogP) is -0.356. The molecule has 1 fully saturated rings. The molecule has 32 heavy (non-hydrogen) atoms. The van der Waals surface area contributed by atoms with E-state index in [0.717, 1.165) is 16.5 Å². The maximum atomic E-state index is 13.0. The van der Waals surface area contributed by atoms with Gasteiger partial charge in [0.25, 0.3) is 0 Å². The SMILES string of the molecule is NC(CS)C(=O)N1CCCC1C(=O)NC(Cc1c[nH]c2ccccc12)C(=O)NCC(=O)O. The first-order chi connectivity index (χ1) is 15.3. The Hall–Kier alpha value is -3.05. The van der Waals surface area contributed by atoms with Crippen molar-refractivity contribution in [3.8, 4) is 0 Å². The van der Waals surface area contributed by atoms with Crippen molar-refractivity contribution >= 4 is 47.2 Å². The topological polar surface area (TPSA) is 158 Å². The Morgan fingerprint density at radius 1 is 1.28 bits per heavy atom. The third kappa shape index (κ3) is 5.40. The quantitative estimate of drug-likeness (QED) is 0.280. The molecule has 0 spiro atoms. The fraction of sp³-hybridized carbons (Fsp3) is 0.429. The van der Waals surface area contributed by atoms with Gasteiger partial charge in [0.2, 0.25) is 17.7 Å². The number of carboxylic acids is 1. The van der Waals surface area contributed by atoms with Crippen LogP contribution < -0.4 is 16.4 Å². The number of hydrogen-bond donors (Lipinski definition) is 6. The van der Waals surface area contributed by atoms with Crippen LogP contribution in [0.25, 0.3) is 10.9 Å². The number of benzene rings is 1. The summed E-state index contributed by atoms with van der Waals surface area (Å²) in [7, 11) is 0. The highest BCUT2D eigenvalue weighted by molar-refractivity contribution is 7.80. The lowest BCUT2D eigenvalue weighted by Gasteiger charge is -2.28. The second-order valence-electron chi connectivity index (χ2n) is 7.72. The lowest BCUT2D eigenvalue weighted by molar-refractivity contribution is -0.140. The van der Waals surface area contributed by atoms with Crippen molar-refractivity contribution in [3.63, 3.8) is 0 Å². The maximum absolute atomic E-state index is 13.0. The minimum Gasteiger partial charge on any atom is -0.480 e. The van der Waals surface area contributed by atoms with Crippen LogP contribution in [0, 0.1) is 0 Å². The first kappa shape index (κ1) is 23.6. The Morgan fingerprint density at radius 2 is 2.03 bits per heavy atom. The number of aromatic nitrogens is 1. The summed E-state index contributed by atoms with van der Waals surface area (Å²) in [6, 6.07) is 4.96. The molecule has 1 aromatic carbocycles. The van der Waals surface area contributed by atoms with Crippen molar-refractivity contribution in [3.05, 3.63) is 36.0 Å². The zero-order valence-corrected chi connectivity index (χ0v) is 18.3. The Bertz CT molecular complexity index is 1010. The molecule has 3 unspecified atom stereocenters. The summed E-state index contributed by atoms with van der Waals surface area (Å²) >= 11 is 4.05. The van der Waals surface area contributed by atoms with Crippen LogP contribution in [0.1, 0.15) is 18.4 Å². The molecule has 1 aromatic heterocycles. The molecular weight excluding hydrogens is 434 g/mol. The molecule has 3 atom stereocenters. The number of H-pyrrole nitrogens is 1. The molecule has 0 saturated carbocycles. The minimum absolute atomic E-state index is 0.151. The molecule has 2 heterocycles. The monoisotopic (exact) mass is 461 g/mol. The summed E-state index contributed by atoms with van der Waals surface area (Å²) < 4.78 is 0. The second kappa shape index (κ2) is 10.5. The summed E-state index contributed by atoms with van der Waals surface area (Å²) in [6.45, 7) is -0.166. The molecule has 3 amide bonds. The molecular formula is C21H27N5O5S. The van der Waals surface area contributed by atoms with E-state index in [-0.39, 0.29) is 18.1 Å². The van der Waals surface area contributed by atoms with Gasteiger partial charge in [0.1, 0.15) is 18.6 Å². The molecule has 1 saturated heterocycles. The third-order valence-electron chi connectivity index (χ3n) is 5.50. The summed E-state index contributed by atoms with van der Waals surface area (Å²) in [5, 5.41) is 14.8. The van der Waals surface area contributed by atoms with Crippen LogP contribution in [0.3, 0.4) is 0 Å². The number of likely N-dealkylation sites (tertiary alicyclic amines) is 1. The smallest absolute Gasteiger partial charge is 0.322 e. The summed E-state index contributed by atoms with van der Waals surface area (Å²) in [5.41, 5.74) is 7.48. The Morgan fingerprint density at radius 3 is 2.75 bits per heavy atom. The van der Waals surface area contributed by atoms with E-state index in [1.165, 1.54) is 4.90 Å². The van der Waals surface area contributed by atoms with Gasteiger partial charge < -0.3 is 31.4 Å². The van der Waals surface area contributed by atoms with Crippen molar-refractivity contribution in [2.75, 3.05) is 18.8 Å². The van der Waals surface area contributed by atoms with E-state index in [2.05, 4.69) is 28.2 Å². The number of aliphatic carboxylic acids is 1. The number of nitrogens with zero attached hydrogens (tertiary/aromatic N) is 1. The van der Waals surface area contributed by atoms with Gasteiger partial charge in [0.15, 0.2) is 0 Å². The van der Waals surface area contributed by atoms with Gasteiger partial charge in [-0.25, -0.2) is 0 Å². The summed E-state index contributed by atoms with van der Waals surface area (Å²) in [4.78, 5) is 53.7. The van der Waals surface area contributed by atoms with Gasteiger partial charge in [-0.05, 0) is 24.5 Å². The highest BCUT2D eigenvalue weighted by Gasteiger charge is 2.37. The number of carbonyl (C=O) groups excluding carboxylic acids is 3. The number of aromatic amines is 1. The van der Waals surface area contributed by atoms with Crippen LogP contribution in [0.2, 0.25) is 0 Å². The molecule has 172 valence electrons. The largest absolute Gasteiger partial charge is 0.480 e. The van der Waals surface area contributed by atoms with Gasteiger partial charge in [0, 0.05) is 35.8 Å². The van der Waals surface area contributed by atoms with Gasteiger partial charge >= 0.3 is 5.97 Å². The lowest BCUT2D eigenvalue weighted by Crippen LogP contribution is -2.56. The van der Waals surface area contributed by atoms with Crippen LogP contribution in [0.15, 0.2) is 30.5 Å². The Balaban J connectivity index is 1.78. The first-order valence-electron chi connectivity index (χ1n) is 10.3. The van der Waals surface area contributed by atoms with Crippen molar-refractivity contribution in [2.24, 2.45) is 5.73 Å². The third-order valence-corrected chi connectivity index (χ3v) is 5.89. The van der Waals surface area contributed by atoms with Gasteiger partial charge in [0.05, 0.1) is 6.04 Å². The van der Waals surface area contributed by atoms with E-state index in [9.17, 15) is 19.2 Å².